The van der Waals surface area contributed by atoms with Gasteiger partial charge in [0.2, 0.25) is 0 Å². The van der Waals surface area contributed by atoms with Crippen molar-refractivity contribution in [1.29, 1.82) is 0 Å². The number of ketones is 1. The molecule has 2 N–H and O–H groups in total. The van der Waals surface area contributed by atoms with Crippen LogP contribution in [0.2, 0.25) is 0 Å². The molecule has 0 amide bonds. The van der Waals surface area contributed by atoms with E-state index < -0.39 is 5.78 Å². The molecular formula is C19H18O5. The average molecular weight is 326 g/mol. The Labute approximate surface area is 140 Å². The van der Waals surface area contributed by atoms with E-state index in [9.17, 15) is 15.0 Å². The Morgan fingerprint density at radius 3 is 1.62 bits per heavy atom. The molecule has 0 aliphatic carbocycles. The lowest BCUT2D eigenvalue weighted by Crippen LogP contribution is -2.03. The summed E-state index contributed by atoms with van der Waals surface area (Å²) in [5, 5.41) is 20.1. The predicted molar refractivity (Wildman–Crippen MR) is 91.0 cm³/mol. The molecule has 0 fully saturated rings. The lowest BCUT2D eigenvalue weighted by atomic mass is 10.0. The maximum absolute atomic E-state index is 12.5. The van der Waals surface area contributed by atoms with Crippen LogP contribution in [0.1, 0.15) is 15.9 Å². The van der Waals surface area contributed by atoms with Crippen molar-refractivity contribution in [2.75, 3.05) is 13.2 Å². The first kappa shape index (κ1) is 17.1. The van der Waals surface area contributed by atoms with Gasteiger partial charge in [0.1, 0.15) is 36.2 Å². The van der Waals surface area contributed by atoms with Crippen molar-refractivity contribution < 1.29 is 24.5 Å². The molecule has 5 nitrogen and oxygen atoms in total. The Kier molecular flexibility index (Phi) is 5.63. The van der Waals surface area contributed by atoms with E-state index in [0.29, 0.717) is 24.7 Å². The first-order valence-corrected chi connectivity index (χ1v) is 7.25. The highest BCUT2D eigenvalue weighted by molar-refractivity contribution is 6.12. The van der Waals surface area contributed by atoms with Crippen LogP contribution in [-0.4, -0.2) is 29.2 Å². The second-order valence-corrected chi connectivity index (χ2v) is 4.89. The normalized spacial score (nSPS) is 10.0. The molecule has 0 aliphatic rings. The summed E-state index contributed by atoms with van der Waals surface area (Å²) in [4.78, 5) is 12.5. The summed E-state index contributed by atoms with van der Waals surface area (Å²) in [5.41, 5.74) is 0.132. The lowest BCUT2D eigenvalue weighted by molar-refractivity contribution is 0.103. The maximum Gasteiger partial charge on any atom is 0.200 e. The van der Waals surface area contributed by atoms with Crippen molar-refractivity contribution in [3.63, 3.8) is 0 Å². The fourth-order valence-electron chi connectivity index (χ4n) is 2.04. The summed E-state index contributed by atoms with van der Waals surface area (Å²) in [6.45, 7) is 7.65. The van der Waals surface area contributed by atoms with Crippen LogP contribution in [0.4, 0.5) is 0 Å². The van der Waals surface area contributed by atoms with E-state index in [1.54, 1.807) is 24.3 Å². The van der Waals surface area contributed by atoms with Gasteiger partial charge >= 0.3 is 0 Å². The highest BCUT2D eigenvalue weighted by Crippen LogP contribution is 2.30. The van der Waals surface area contributed by atoms with Crippen molar-refractivity contribution in [2.45, 2.75) is 0 Å². The molecule has 5 heteroatoms. The number of hydrogen-bond donors (Lipinski definition) is 2. The molecule has 2 rings (SSSR count). The van der Waals surface area contributed by atoms with Crippen molar-refractivity contribution in [2.24, 2.45) is 0 Å². The molecule has 0 saturated carbocycles. The summed E-state index contributed by atoms with van der Waals surface area (Å²) in [7, 11) is 0. The van der Waals surface area contributed by atoms with Crippen molar-refractivity contribution in [3.05, 3.63) is 72.8 Å². The van der Waals surface area contributed by atoms with Gasteiger partial charge in [-0.2, -0.15) is 0 Å². The zero-order valence-corrected chi connectivity index (χ0v) is 13.1. The first-order valence-electron chi connectivity index (χ1n) is 7.25. The zero-order chi connectivity index (χ0) is 17.5. The van der Waals surface area contributed by atoms with Gasteiger partial charge in [0.25, 0.3) is 0 Å². The molecule has 2 aromatic carbocycles. The fourth-order valence-corrected chi connectivity index (χ4v) is 2.04. The van der Waals surface area contributed by atoms with Crippen molar-refractivity contribution in [3.8, 4) is 23.0 Å². The zero-order valence-electron chi connectivity index (χ0n) is 13.1. The highest BCUT2D eigenvalue weighted by Gasteiger charge is 2.18. The number of phenolic OH excluding ortho intramolecular Hbond substituents is 2. The number of carbonyl (C=O) groups excluding carboxylic acids is 1. The van der Waals surface area contributed by atoms with E-state index in [4.69, 9.17) is 9.47 Å². The first-order chi connectivity index (χ1) is 11.6. The number of hydrogen-bond acceptors (Lipinski definition) is 5. The average Bonchev–Trinajstić information content (AvgIpc) is 2.57. The van der Waals surface area contributed by atoms with Gasteiger partial charge in [0.15, 0.2) is 5.78 Å². The molecule has 0 aromatic heterocycles. The van der Waals surface area contributed by atoms with Crippen molar-refractivity contribution >= 4 is 5.78 Å². The molecule has 124 valence electrons. The van der Waals surface area contributed by atoms with Crippen LogP contribution in [-0.2, 0) is 0 Å². The van der Waals surface area contributed by atoms with Gasteiger partial charge in [-0.3, -0.25) is 4.79 Å². The number of carbonyl (C=O) groups is 1. The quantitative estimate of drug-likeness (QED) is 0.574. The number of rotatable bonds is 8. The summed E-state index contributed by atoms with van der Waals surface area (Å²) in [6.07, 6.45) is 3.15. The highest BCUT2D eigenvalue weighted by atomic mass is 16.5. The second kappa shape index (κ2) is 7.87. The van der Waals surface area contributed by atoms with Gasteiger partial charge in [-0.15, -0.1) is 0 Å². The van der Waals surface area contributed by atoms with Gasteiger partial charge in [-0.25, -0.2) is 0 Å². The van der Waals surface area contributed by atoms with E-state index in [1.165, 1.54) is 24.3 Å². The molecule has 24 heavy (non-hydrogen) atoms. The molecule has 0 bridgehead atoms. The molecule has 0 radical (unpaired) electrons. The van der Waals surface area contributed by atoms with Gasteiger partial charge in [0.05, 0.1) is 11.1 Å². The van der Waals surface area contributed by atoms with Crippen LogP contribution in [0.3, 0.4) is 0 Å². The molecule has 0 spiro atoms. The van der Waals surface area contributed by atoms with Crippen LogP contribution in [0.5, 0.6) is 23.0 Å². The summed E-state index contributed by atoms with van der Waals surface area (Å²) < 4.78 is 10.6. The van der Waals surface area contributed by atoms with Gasteiger partial charge in [-0.05, 0) is 24.3 Å². The van der Waals surface area contributed by atoms with Crippen LogP contribution < -0.4 is 9.47 Å². The Morgan fingerprint density at radius 1 is 0.875 bits per heavy atom. The molecular weight excluding hydrogens is 308 g/mol. The number of ether oxygens (including phenoxy) is 2. The van der Waals surface area contributed by atoms with Gasteiger partial charge < -0.3 is 19.7 Å². The number of aromatic hydroxyl groups is 2. The summed E-state index contributed by atoms with van der Waals surface area (Å²) >= 11 is 0. The molecule has 0 heterocycles. The second-order valence-electron chi connectivity index (χ2n) is 4.89. The minimum Gasteiger partial charge on any atom is -0.507 e. The number of phenols is 2. The standard InChI is InChI=1S/C19H18O5/c1-3-9-23-13-5-7-15(17(20)11-13)19(22)16-8-6-14(12-18(16)21)24-10-4-2/h3-8,11-12,20-21H,1-2,9-10H2. The minimum absolute atomic E-state index is 0.0658. The summed E-state index contributed by atoms with van der Waals surface area (Å²) in [5.74, 6) is -0.126. The topological polar surface area (TPSA) is 76.0 Å². The lowest BCUT2D eigenvalue weighted by Gasteiger charge is -2.10. The van der Waals surface area contributed by atoms with E-state index in [-0.39, 0.29) is 22.6 Å². The Morgan fingerprint density at radius 2 is 1.29 bits per heavy atom. The molecule has 0 unspecified atom stereocenters. The molecule has 0 saturated heterocycles. The number of benzene rings is 2. The third kappa shape index (κ3) is 3.95. The Balaban J connectivity index is 2.25. The largest absolute Gasteiger partial charge is 0.507 e. The predicted octanol–water partition coefficient (Wildman–Crippen LogP) is 3.46. The van der Waals surface area contributed by atoms with E-state index in [1.807, 2.05) is 0 Å². The van der Waals surface area contributed by atoms with E-state index >= 15 is 0 Å². The third-order valence-corrected chi connectivity index (χ3v) is 3.16. The van der Waals surface area contributed by atoms with Crippen LogP contribution in [0.15, 0.2) is 61.7 Å². The van der Waals surface area contributed by atoms with Crippen LogP contribution >= 0.6 is 0 Å². The minimum atomic E-state index is -0.504. The summed E-state index contributed by atoms with van der Waals surface area (Å²) in [6, 6.07) is 8.70. The molecule has 2 aromatic rings. The monoisotopic (exact) mass is 326 g/mol. The molecule has 0 atom stereocenters. The van der Waals surface area contributed by atoms with Gasteiger partial charge in [-0.1, -0.05) is 25.3 Å². The van der Waals surface area contributed by atoms with Crippen LogP contribution in [0.25, 0.3) is 0 Å². The SMILES string of the molecule is C=CCOc1ccc(C(=O)c2ccc(OCC=C)cc2O)c(O)c1. The molecule has 0 aliphatic heterocycles. The maximum atomic E-state index is 12.5. The third-order valence-electron chi connectivity index (χ3n) is 3.16. The smallest absolute Gasteiger partial charge is 0.200 e. The van der Waals surface area contributed by atoms with Crippen LogP contribution in [0, 0.1) is 0 Å². The fraction of sp³-hybridized carbons (Fsp3) is 0.105. The van der Waals surface area contributed by atoms with E-state index in [2.05, 4.69) is 13.2 Å². The Hall–Kier alpha value is -3.21. The van der Waals surface area contributed by atoms with Gasteiger partial charge in [0, 0.05) is 12.1 Å². The van der Waals surface area contributed by atoms with E-state index in [0.717, 1.165) is 0 Å². The Bertz CT molecular complexity index is 701. The van der Waals surface area contributed by atoms with Crippen molar-refractivity contribution in [1.82, 2.24) is 0 Å².